The third kappa shape index (κ3) is 1.43. The molecule has 1 rings (SSSR count). The van der Waals surface area contributed by atoms with Crippen LogP contribution in [0.3, 0.4) is 0 Å². The zero-order chi connectivity index (χ0) is 8.43. The number of hydrogen-bond donors (Lipinski definition) is 0. The molecule has 0 radical (unpaired) electrons. The lowest BCUT2D eigenvalue weighted by Gasteiger charge is -1.89. The fourth-order valence-corrected chi connectivity index (χ4v) is 0.689. The Morgan fingerprint density at radius 2 is 2.36 bits per heavy atom. The molecule has 0 saturated carbocycles. The van der Waals surface area contributed by atoms with Crippen LogP contribution in [0.2, 0.25) is 0 Å². The van der Waals surface area contributed by atoms with Crippen LogP contribution in [0, 0.1) is 10.1 Å². The normalized spacial score (nSPS) is 9.55. The van der Waals surface area contributed by atoms with E-state index in [1.54, 1.807) is 0 Å². The Labute approximate surface area is 62.4 Å². The van der Waals surface area contributed by atoms with E-state index in [0.29, 0.717) is 0 Å². The van der Waals surface area contributed by atoms with Crippen molar-refractivity contribution in [1.82, 2.24) is 4.57 Å². The number of nitrogens with zero attached hydrogens (tertiary/aromatic N) is 2. The molecular formula is C6H6N2O3. The first-order valence-corrected chi connectivity index (χ1v) is 2.94. The third-order valence-corrected chi connectivity index (χ3v) is 1.25. The zero-order valence-electron chi connectivity index (χ0n) is 5.85. The van der Waals surface area contributed by atoms with Gasteiger partial charge >= 0.3 is 0 Å². The highest BCUT2D eigenvalue weighted by atomic mass is 16.6. The van der Waals surface area contributed by atoms with Crippen molar-refractivity contribution < 1.29 is 9.72 Å². The highest BCUT2D eigenvalue weighted by Crippen LogP contribution is 2.09. The molecule has 0 fully saturated rings. The molecule has 0 aliphatic heterocycles. The molecule has 5 heteroatoms. The van der Waals surface area contributed by atoms with E-state index in [1.165, 1.54) is 25.4 Å². The Kier molecular flexibility index (Phi) is 1.72. The predicted molar refractivity (Wildman–Crippen MR) is 37.4 cm³/mol. The Balaban J connectivity index is 2.99. The van der Waals surface area contributed by atoms with Gasteiger partial charge in [0.1, 0.15) is 0 Å². The minimum absolute atomic E-state index is 0.0693. The van der Waals surface area contributed by atoms with E-state index in [9.17, 15) is 14.9 Å². The number of nitro groups is 1. The summed E-state index contributed by atoms with van der Waals surface area (Å²) in [6.07, 6.45) is 2.54. The van der Waals surface area contributed by atoms with Crippen molar-refractivity contribution in [3.8, 4) is 0 Å². The van der Waals surface area contributed by atoms with E-state index in [-0.39, 0.29) is 11.6 Å². The molecule has 0 unspecified atom stereocenters. The number of rotatable bonds is 1. The van der Waals surface area contributed by atoms with Gasteiger partial charge in [-0.2, -0.15) is 0 Å². The van der Waals surface area contributed by atoms with Gasteiger partial charge in [0.2, 0.25) is 5.91 Å². The minimum atomic E-state index is -0.542. The van der Waals surface area contributed by atoms with E-state index in [4.69, 9.17) is 0 Å². The molecule has 5 nitrogen and oxygen atoms in total. The minimum Gasteiger partial charge on any atom is -0.288 e. The van der Waals surface area contributed by atoms with E-state index in [1.807, 2.05) is 0 Å². The van der Waals surface area contributed by atoms with Crippen molar-refractivity contribution in [2.75, 3.05) is 0 Å². The van der Waals surface area contributed by atoms with Crippen LogP contribution in [0.25, 0.3) is 0 Å². The number of carbonyl (C=O) groups excluding carboxylic acids is 1. The van der Waals surface area contributed by atoms with Gasteiger partial charge in [-0.05, 0) is 0 Å². The number of hydrogen-bond acceptors (Lipinski definition) is 3. The van der Waals surface area contributed by atoms with Crippen molar-refractivity contribution in [3.05, 3.63) is 28.6 Å². The topological polar surface area (TPSA) is 65.1 Å². The molecule has 0 atom stereocenters. The zero-order valence-corrected chi connectivity index (χ0v) is 5.85. The molecular weight excluding hydrogens is 148 g/mol. The summed E-state index contributed by atoms with van der Waals surface area (Å²) in [5.41, 5.74) is -0.0693. The molecule has 11 heavy (non-hydrogen) atoms. The molecule has 1 aromatic rings. The van der Waals surface area contributed by atoms with E-state index in [2.05, 4.69) is 0 Å². The second-order valence-electron chi connectivity index (χ2n) is 2.05. The summed E-state index contributed by atoms with van der Waals surface area (Å²) in [6, 6.07) is 1.28. The van der Waals surface area contributed by atoms with Crippen molar-refractivity contribution in [2.45, 2.75) is 6.92 Å². The molecule has 58 valence electrons. The monoisotopic (exact) mass is 154 g/mol. The molecule has 0 aromatic carbocycles. The first kappa shape index (κ1) is 7.46. The van der Waals surface area contributed by atoms with Gasteiger partial charge in [0.15, 0.2) is 0 Å². The van der Waals surface area contributed by atoms with Crippen molar-refractivity contribution in [3.63, 3.8) is 0 Å². The standard InChI is InChI=1S/C6H6N2O3/c1-5(9)7-3-2-6(4-7)8(10)11/h2-4H,1H3. The summed E-state index contributed by atoms with van der Waals surface area (Å²) >= 11 is 0. The molecule has 0 aliphatic carbocycles. The van der Waals surface area contributed by atoms with Crippen LogP contribution >= 0.6 is 0 Å². The van der Waals surface area contributed by atoms with Crippen LogP contribution in [-0.4, -0.2) is 15.4 Å². The second kappa shape index (κ2) is 2.53. The molecule has 0 spiro atoms. The quantitative estimate of drug-likeness (QED) is 0.448. The van der Waals surface area contributed by atoms with Gasteiger partial charge in [0, 0.05) is 19.2 Å². The van der Waals surface area contributed by atoms with Crippen LogP contribution in [0.1, 0.15) is 11.7 Å². The van der Waals surface area contributed by atoms with E-state index in [0.717, 1.165) is 4.57 Å². The number of carbonyl (C=O) groups is 1. The molecule has 1 aromatic heterocycles. The maximum Gasteiger partial charge on any atom is 0.287 e. The van der Waals surface area contributed by atoms with Gasteiger partial charge in [-0.1, -0.05) is 0 Å². The van der Waals surface area contributed by atoms with Gasteiger partial charge in [0.05, 0.1) is 11.1 Å². The third-order valence-electron chi connectivity index (χ3n) is 1.25. The van der Waals surface area contributed by atoms with Gasteiger partial charge < -0.3 is 0 Å². The van der Waals surface area contributed by atoms with Gasteiger partial charge in [-0.15, -0.1) is 0 Å². The average molecular weight is 154 g/mol. The lowest BCUT2D eigenvalue weighted by atomic mass is 10.6. The fourth-order valence-electron chi connectivity index (χ4n) is 0.689. The lowest BCUT2D eigenvalue weighted by molar-refractivity contribution is -0.384. The lowest BCUT2D eigenvalue weighted by Crippen LogP contribution is -2.01. The molecule has 0 saturated heterocycles. The van der Waals surface area contributed by atoms with Crippen molar-refractivity contribution in [2.24, 2.45) is 0 Å². The molecule has 1 heterocycles. The van der Waals surface area contributed by atoms with E-state index < -0.39 is 4.92 Å². The van der Waals surface area contributed by atoms with Crippen molar-refractivity contribution >= 4 is 11.6 Å². The molecule has 0 N–H and O–H groups in total. The molecule has 0 bridgehead atoms. The van der Waals surface area contributed by atoms with Crippen LogP contribution < -0.4 is 0 Å². The summed E-state index contributed by atoms with van der Waals surface area (Å²) in [6.45, 7) is 1.34. The van der Waals surface area contributed by atoms with Gasteiger partial charge in [-0.25, -0.2) is 0 Å². The van der Waals surface area contributed by atoms with Crippen LogP contribution in [0.5, 0.6) is 0 Å². The van der Waals surface area contributed by atoms with Gasteiger partial charge in [0.25, 0.3) is 5.69 Å². The van der Waals surface area contributed by atoms with Crippen LogP contribution in [0.15, 0.2) is 18.5 Å². The summed E-state index contributed by atoms with van der Waals surface area (Å²) in [4.78, 5) is 20.2. The smallest absolute Gasteiger partial charge is 0.287 e. The fraction of sp³-hybridized carbons (Fsp3) is 0.167. The molecule has 0 amide bonds. The summed E-state index contributed by atoms with van der Waals surface area (Å²) in [5.74, 6) is -0.238. The van der Waals surface area contributed by atoms with E-state index >= 15 is 0 Å². The SMILES string of the molecule is CC(=O)n1ccc([N+](=O)[O-])c1. The highest BCUT2D eigenvalue weighted by molar-refractivity contribution is 5.76. The average Bonchev–Trinajstić information content (AvgIpc) is 2.33. The van der Waals surface area contributed by atoms with Crippen LogP contribution in [-0.2, 0) is 0 Å². The first-order valence-electron chi connectivity index (χ1n) is 2.94. The maximum atomic E-state index is 10.6. The Bertz CT molecular complexity index is 274. The number of aromatic nitrogens is 1. The Morgan fingerprint density at radius 3 is 2.64 bits per heavy atom. The Morgan fingerprint density at radius 1 is 1.73 bits per heavy atom. The molecule has 0 aliphatic rings. The van der Waals surface area contributed by atoms with Crippen LogP contribution in [0.4, 0.5) is 5.69 Å². The Hall–Kier alpha value is -1.65. The van der Waals surface area contributed by atoms with Crippen molar-refractivity contribution in [1.29, 1.82) is 0 Å². The maximum absolute atomic E-state index is 10.6. The summed E-state index contributed by atoms with van der Waals surface area (Å²) in [5, 5.41) is 10.1. The first-order chi connectivity index (χ1) is 5.11. The van der Waals surface area contributed by atoms with Gasteiger partial charge in [-0.3, -0.25) is 19.5 Å². The largest absolute Gasteiger partial charge is 0.288 e. The second-order valence-corrected chi connectivity index (χ2v) is 2.05. The predicted octanol–water partition coefficient (Wildman–Crippen LogP) is 1.06. The summed E-state index contributed by atoms with van der Waals surface area (Å²) in [7, 11) is 0. The summed E-state index contributed by atoms with van der Waals surface area (Å²) < 4.78 is 1.16. The highest BCUT2D eigenvalue weighted by Gasteiger charge is 2.07.